The largest absolute Gasteiger partial charge is 0.338 e. The third-order valence-corrected chi connectivity index (χ3v) is 5.07. The van der Waals surface area contributed by atoms with Crippen LogP contribution in [0.4, 0.5) is 10.5 Å². The van der Waals surface area contributed by atoms with Crippen LogP contribution in [0, 0.1) is 6.92 Å². The fourth-order valence-corrected chi connectivity index (χ4v) is 3.33. The molecule has 2 aromatic rings. The van der Waals surface area contributed by atoms with Crippen LogP contribution in [0.3, 0.4) is 0 Å². The van der Waals surface area contributed by atoms with Crippen molar-refractivity contribution in [1.82, 2.24) is 10.2 Å². The normalized spacial score (nSPS) is 14.0. The predicted molar refractivity (Wildman–Crippen MR) is 103 cm³/mol. The second kappa shape index (κ2) is 8.37. The maximum Gasteiger partial charge on any atom is 0.319 e. The van der Waals surface area contributed by atoms with Crippen LogP contribution in [0.2, 0.25) is 5.02 Å². The number of nitrogens with zero attached hydrogens (tertiary/aromatic N) is 1. The Morgan fingerprint density at radius 3 is 2.80 bits per heavy atom. The molecule has 2 aromatic carbocycles. The van der Waals surface area contributed by atoms with Crippen molar-refractivity contribution >= 4 is 23.3 Å². The van der Waals surface area contributed by atoms with Gasteiger partial charge in [0.05, 0.1) is 0 Å². The number of hydrogen-bond donors (Lipinski definition) is 2. The Morgan fingerprint density at radius 1 is 1.16 bits per heavy atom. The molecule has 0 aliphatic carbocycles. The molecule has 0 atom stereocenters. The molecule has 1 heterocycles. The van der Waals surface area contributed by atoms with Crippen LogP contribution in [0.1, 0.15) is 23.1 Å². The van der Waals surface area contributed by atoms with Gasteiger partial charge in [-0.05, 0) is 48.6 Å². The molecule has 132 valence electrons. The van der Waals surface area contributed by atoms with Gasteiger partial charge in [0, 0.05) is 36.9 Å². The highest BCUT2D eigenvalue weighted by Gasteiger charge is 2.15. The molecular formula is C20H24ClN3O. The van der Waals surface area contributed by atoms with Gasteiger partial charge in [0.2, 0.25) is 0 Å². The van der Waals surface area contributed by atoms with Crippen LogP contribution < -0.4 is 10.6 Å². The number of carbonyl (C=O) groups is 1. The van der Waals surface area contributed by atoms with Gasteiger partial charge in [-0.25, -0.2) is 4.79 Å². The smallest absolute Gasteiger partial charge is 0.319 e. The lowest BCUT2D eigenvalue weighted by molar-refractivity contribution is 0.242. The zero-order valence-electron chi connectivity index (χ0n) is 14.5. The van der Waals surface area contributed by atoms with Crippen LogP contribution in [-0.4, -0.2) is 30.6 Å². The maximum absolute atomic E-state index is 12.0. The van der Waals surface area contributed by atoms with E-state index in [1.54, 1.807) is 0 Å². The Bertz CT molecular complexity index is 747. The Labute approximate surface area is 154 Å². The molecule has 1 aliphatic rings. The monoisotopic (exact) mass is 357 g/mol. The van der Waals surface area contributed by atoms with Crippen molar-refractivity contribution in [3.05, 3.63) is 64.2 Å². The summed E-state index contributed by atoms with van der Waals surface area (Å²) in [6.45, 7) is 5.63. The molecule has 0 fully saturated rings. The van der Waals surface area contributed by atoms with E-state index in [0.717, 1.165) is 43.7 Å². The van der Waals surface area contributed by atoms with Gasteiger partial charge in [0.1, 0.15) is 0 Å². The Kier molecular flexibility index (Phi) is 5.95. The minimum absolute atomic E-state index is 0.186. The summed E-state index contributed by atoms with van der Waals surface area (Å²) in [6, 6.07) is 14.0. The van der Waals surface area contributed by atoms with Crippen LogP contribution in [0.25, 0.3) is 0 Å². The van der Waals surface area contributed by atoms with Crippen molar-refractivity contribution in [2.45, 2.75) is 26.3 Å². The van der Waals surface area contributed by atoms with Gasteiger partial charge < -0.3 is 10.6 Å². The molecule has 0 spiro atoms. The van der Waals surface area contributed by atoms with E-state index in [1.165, 1.54) is 11.1 Å². The highest BCUT2D eigenvalue weighted by atomic mass is 35.5. The number of carbonyl (C=O) groups excluding carboxylic acids is 1. The summed E-state index contributed by atoms with van der Waals surface area (Å²) in [5.74, 6) is 0. The fraction of sp³-hybridized carbons (Fsp3) is 0.350. The van der Waals surface area contributed by atoms with Crippen LogP contribution in [-0.2, 0) is 13.0 Å². The number of rotatable bonds is 5. The average Bonchev–Trinajstić information content (AvgIpc) is 2.62. The third-order valence-electron chi connectivity index (χ3n) is 4.66. The van der Waals surface area contributed by atoms with E-state index in [-0.39, 0.29) is 6.03 Å². The molecule has 2 amide bonds. The minimum Gasteiger partial charge on any atom is -0.338 e. The van der Waals surface area contributed by atoms with Crippen LogP contribution in [0.15, 0.2) is 42.5 Å². The van der Waals surface area contributed by atoms with Gasteiger partial charge in [0.15, 0.2) is 0 Å². The number of nitrogens with one attached hydrogen (secondary N) is 2. The predicted octanol–water partition coefficient (Wildman–Crippen LogP) is 4.22. The fourth-order valence-electron chi connectivity index (χ4n) is 3.16. The quantitative estimate of drug-likeness (QED) is 0.787. The van der Waals surface area contributed by atoms with Crippen LogP contribution >= 0.6 is 11.6 Å². The van der Waals surface area contributed by atoms with Crippen molar-refractivity contribution in [3.8, 4) is 0 Å². The summed E-state index contributed by atoms with van der Waals surface area (Å²) in [6.07, 6.45) is 2.04. The summed E-state index contributed by atoms with van der Waals surface area (Å²) >= 11 is 6.07. The van der Waals surface area contributed by atoms with E-state index in [9.17, 15) is 4.79 Å². The summed E-state index contributed by atoms with van der Waals surface area (Å²) in [4.78, 5) is 14.5. The zero-order chi connectivity index (χ0) is 17.6. The van der Waals surface area contributed by atoms with Gasteiger partial charge in [-0.2, -0.15) is 0 Å². The number of benzene rings is 2. The Balaban J connectivity index is 1.39. The van der Waals surface area contributed by atoms with Crippen molar-refractivity contribution in [2.24, 2.45) is 0 Å². The van der Waals surface area contributed by atoms with Gasteiger partial charge in [0.25, 0.3) is 0 Å². The van der Waals surface area contributed by atoms with E-state index in [2.05, 4.69) is 39.8 Å². The number of urea groups is 1. The first-order valence-corrected chi connectivity index (χ1v) is 9.10. The highest BCUT2D eigenvalue weighted by molar-refractivity contribution is 6.31. The first-order valence-electron chi connectivity index (χ1n) is 8.72. The SMILES string of the molecule is Cc1c(Cl)cccc1NC(=O)NCCCN1CCc2ccccc2C1. The Hall–Kier alpha value is -2.04. The van der Waals surface area contributed by atoms with E-state index >= 15 is 0 Å². The zero-order valence-corrected chi connectivity index (χ0v) is 15.3. The maximum atomic E-state index is 12.0. The highest BCUT2D eigenvalue weighted by Crippen LogP contribution is 2.22. The lowest BCUT2D eigenvalue weighted by Gasteiger charge is -2.28. The van der Waals surface area contributed by atoms with Gasteiger partial charge in [-0.1, -0.05) is 41.9 Å². The van der Waals surface area contributed by atoms with E-state index in [0.29, 0.717) is 11.6 Å². The van der Waals surface area contributed by atoms with Gasteiger partial charge in [-0.3, -0.25) is 4.90 Å². The lowest BCUT2D eigenvalue weighted by Crippen LogP contribution is -2.35. The summed E-state index contributed by atoms with van der Waals surface area (Å²) in [7, 11) is 0. The van der Waals surface area contributed by atoms with Gasteiger partial charge in [-0.15, -0.1) is 0 Å². The van der Waals surface area contributed by atoms with E-state index in [4.69, 9.17) is 11.6 Å². The number of hydrogen-bond acceptors (Lipinski definition) is 2. The molecule has 3 rings (SSSR count). The van der Waals surface area contributed by atoms with Gasteiger partial charge >= 0.3 is 6.03 Å². The molecule has 0 bridgehead atoms. The summed E-state index contributed by atoms with van der Waals surface area (Å²) in [5.41, 5.74) is 4.52. The molecule has 0 radical (unpaired) electrons. The second-order valence-electron chi connectivity index (χ2n) is 6.44. The molecular weight excluding hydrogens is 334 g/mol. The molecule has 5 heteroatoms. The Morgan fingerprint density at radius 2 is 1.96 bits per heavy atom. The summed E-state index contributed by atoms with van der Waals surface area (Å²) < 4.78 is 0. The lowest BCUT2D eigenvalue weighted by atomic mass is 10.00. The van der Waals surface area contributed by atoms with E-state index in [1.807, 2.05) is 25.1 Å². The molecule has 0 unspecified atom stereocenters. The number of anilines is 1. The van der Waals surface area contributed by atoms with E-state index < -0.39 is 0 Å². The molecule has 1 aliphatic heterocycles. The minimum atomic E-state index is -0.186. The van der Waals surface area contributed by atoms with Crippen molar-refractivity contribution in [2.75, 3.05) is 25.0 Å². The molecule has 0 aromatic heterocycles. The number of fused-ring (bicyclic) bond motifs is 1. The third kappa shape index (κ3) is 4.74. The average molecular weight is 358 g/mol. The molecule has 0 saturated heterocycles. The second-order valence-corrected chi connectivity index (χ2v) is 6.85. The first-order chi connectivity index (χ1) is 12.1. The summed E-state index contributed by atoms with van der Waals surface area (Å²) in [5, 5.41) is 6.43. The molecule has 4 nitrogen and oxygen atoms in total. The molecule has 0 saturated carbocycles. The first kappa shape index (κ1) is 17.8. The topological polar surface area (TPSA) is 44.4 Å². The number of halogens is 1. The van der Waals surface area contributed by atoms with Crippen molar-refractivity contribution in [1.29, 1.82) is 0 Å². The molecule has 2 N–H and O–H groups in total. The standard InChI is InChI=1S/C20H24ClN3O/c1-15-18(21)8-4-9-19(15)23-20(25)22-11-5-12-24-13-10-16-6-2-3-7-17(16)14-24/h2-4,6-9H,5,10-14H2,1H3,(H2,22,23,25). The van der Waals surface area contributed by atoms with Crippen molar-refractivity contribution in [3.63, 3.8) is 0 Å². The molecule has 25 heavy (non-hydrogen) atoms. The van der Waals surface area contributed by atoms with Crippen molar-refractivity contribution < 1.29 is 4.79 Å². The van der Waals surface area contributed by atoms with Crippen LogP contribution in [0.5, 0.6) is 0 Å². The number of amides is 2.